The van der Waals surface area contributed by atoms with Crippen molar-refractivity contribution in [3.8, 4) is 0 Å². The van der Waals surface area contributed by atoms with Crippen molar-refractivity contribution >= 4 is 17.2 Å². The van der Waals surface area contributed by atoms with Gasteiger partial charge >= 0.3 is 0 Å². The minimum atomic E-state index is 0.0540. The Morgan fingerprint density at radius 1 is 1.45 bits per heavy atom. The van der Waals surface area contributed by atoms with Crippen LogP contribution in [0, 0.1) is 13.8 Å². The highest BCUT2D eigenvalue weighted by molar-refractivity contribution is 7.13. The zero-order valence-corrected chi connectivity index (χ0v) is 13.3. The van der Waals surface area contributed by atoms with Crippen LogP contribution in [0.4, 0.5) is 0 Å². The number of piperidine rings is 1. The largest absolute Gasteiger partial charge is 0.370 e. The van der Waals surface area contributed by atoms with Gasteiger partial charge in [0.2, 0.25) is 0 Å². The third-order valence-electron chi connectivity index (χ3n) is 4.31. The van der Waals surface area contributed by atoms with E-state index in [1.165, 1.54) is 11.3 Å². The van der Waals surface area contributed by atoms with Crippen LogP contribution >= 0.6 is 11.3 Å². The van der Waals surface area contributed by atoms with Gasteiger partial charge in [0, 0.05) is 13.1 Å². The average Bonchev–Trinajstić information content (AvgIpc) is 3.12. The second-order valence-electron chi connectivity index (χ2n) is 5.77. The molecule has 1 amide bonds. The monoisotopic (exact) mass is 319 g/mol. The fourth-order valence-electron chi connectivity index (χ4n) is 3.24. The number of aromatic nitrogens is 4. The topological polar surface area (TPSA) is 73.1 Å². The highest BCUT2D eigenvalue weighted by Gasteiger charge is 2.38. The first-order chi connectivity index (χ1) is 10.6. The zero-order chi connectivity index (χ0) is 15.3. The van der Waals surface area contributed by atoms with Crippen LogP contribution in [-0.4, -0.2) is 50.0 Å². The van der Waals surface area contributed by atoms with Gasteiger partial charge in [0.05, 0.1) is 41.3 Å². The Bertz CT molecular complexity index is 725. The van der Waals surface area contributed by atoms with E-state index >= 15 is 0 Å². The van der Waals surface area contributed by atoms with E-state index in [2.05, 4.69) is 15.3 Å². The predicted octanol–water partition coefficient (Wildman–Crippen LogP) is 1.34. The van der Waals surface area contributed by atoms with Crippen molar-refractivity contribution in [2.24, 2.45) is 0 Å². The number of hydrogen-bond acceptors (Lipinski definition) is 6. The SMILES string of the molecule is Cc1nc(C)c(C(=O)N2CC[C@H]3OCc4cnnn4[C@H]3C2)s1. The normalized spacial score (nSPS) is 24.0. The molecule has 2 aromatic rings. The van der Waals surface area contributed by atoms with Crippen molar-refractivity contribution in [3.63, 3.8) is 0 Å². The molecule has 4 rings (SSSR count). The molecule has 2 aromatic heterocycles. The molecule has 0 N–H and O–H groups in total. The standard InChI is InChI=1S/C14H17N5O2S/c1-8-13(22-9(2)16-8)14(20)18-4-3-12-11(6-18)19-10(7-21-12)5-15-17-19/h5,11-12H,3-4,6-7H2,1-2H3/t11-,12+/m0/s1. The number of likely N-dealkylation sites (tertiary alicyclic amines) is 1. The van der Waals surface area contributed by atoms with Crippen LogP contribution in [0.2, 0.25) is 0 Å². The van der Waals surface area contributed by atoms with Gasteiger partial charge in [-0.1, -0.05) is 5.21 Å². The molecule has 0 bridgehead atoms. The van der Waals surface area contributed by atoms with E-state index in [0.29, 0.717) is 19.7 Å². The van der Waals surface area contributed by atoms with Gasteiger partial charge in [0.1, 0.15) is 4.88 Å². The third kappa shape index (κ3) is 2.14. The van der Waals surface area contributed by atoms with Crippen molar-refractivity contribution in [2.45, 2.75) is 39.0 Å². The van der Waals surface area contributed by atoms with Gasteiger partial charge in [-0.25, -0.2) is 9.67 Å². The first kappa shape index (κ1) is 13.8. The molecule has 0 unspecified atom stereocenters. The molecule has 1 fully saturated rings. The van der Waals surface area contributed by atoms with Crippen molar-refractivity contribution in [2.75, 3.05) is 13.1 Å². The first-order valence-electron chi connectivity index (χ1n) is 7.37. The highest BCUT2D eigenvalue weighted by atomic mass is 32.1. The van der Waals surface area contributed by atoms with E-state index in [0.717, 1.165) is 27.7 Å². The van der Waals surface area contributed by atoms with Gasteiger partial charge in [0.15, 0.2) is 0 Å². The summed E-state index contributed by atoms with van der Waals surface area (Å²) in [5.41, 5.74) is 1.79. The number of fused-ring (bicyclic) bond motifs is 3. The number of thiazole rings is 1. The quantitative estimate of drug-likeness (QED) is 0.793. The molecule has 2 aliphatic rings. The zero-order valence-electron chi connectivity index (χ0n) is 12.5. The fourth-order valence-corrected chi connectivity index (χ4v) is 4.12. The van der Waals surface area contributed by atoms with E-state index in [1.54, 1.807) is 6.20 Å². The van der Waals surface area contributed by atoms with Gasteiger partial charge < -0.3 is 9.64 Å². The third-order valence-corrected chi connectivity index (χ3v) is 5.37. The van der Waals surface area contributed by atoms with E-state index in [1.807, 2.05) is 23.4 Å². The van der Waals surface area contributed by atoms with Crippen LogP contribution < -0.4 is 0 Å². The van der Waals surface area contributed by atoms with Crippen LogP contribution in [0.5, 0.6) is 0 Å². The maximum Gasteiger partial charge on any atom is 0.265 e. The van der Waals surface area contributed by atoms with Crippen LogP contribution in [0.25, 0.3) is 0 Å². The van der Waals surface area contributed by atoms with E-state index in [9.17, 15) is 4.79 Å². The summed E-state index contributed by atoms with van der Waals surface area (Å²) in [7, 11) is 0. The van der Waals surface area contributed by atoms with Crippen LogP contribution in [0.1, 0.15) is 38.5 Å². The maximum atomic E-state index is 12.8. The number of hydrogen-bond donors (Lipinski definition) is 0. The Kier molecular flexibility index (Phi) is 3.23. The molecule has 2 atom stereocenters. The fraction of sp³-hybridized carbons (Fsp3) is 0.571. The lowest BCUT2D eigenvalue weighted by molar-refractivity contribution is -0.0604. The second kappa shape index (κ2) is 5.13. The van der Waals surface area contributed by atoms with Crippen LogP contribution in [0.15, 0.2) is 6.20 Å². The molecule has 0 saturated carbocycles. The van der Waals surface area contributed by atoms with Crippen LogP contribution in [-0.2, 0) is 11.3 Å². The van der Waals surface area contributed by atoms with Crippen molar-refractivity contribution in [3.05, 3.63) is 27.5 Å². The number of amides is 1. The first-order valence-corrected chi connectivity index (χ1v) is 8.19. The van der Waals surface area contributed by atoms with Crippen LogP contribution in [0.3, 0.4) is 0 Å². The predicted molar refractivity (Wildman–Crippen MR) is 79.7 cm³/mol. The molecule has 116 valence electrons. The summed E-state index contributed by atoms with van der Waals surface area (Å²) in [6.45, 7) is 5.69. The summed E-state index contributed by atoms with van der Waals surface area (Å²) >= 11 is 1.46. The Morgan fingerprint density at radius 3 is 3.09 bits per heavy atom. The minimum absolute atomic E-state index is 0.0540. The van der Waals surface area contributed by atoms with Crippen molar-refractivity contribution in [1.82, 2.24) is 24.9 Å². The highest BCUT2D eigenvalue weighted by Crippen LogP contribution is 2.31. The number of ether oxygens (including phenoxy) is 1. The van der Waals surface area contributed by atoms with Gasteiger partial charge in [-0.2, -0.15) is 0 Å². The molecule has 22 heavy (non-hydrogen) atoms. The molecular formula is C14H17N5O2S. The summed E-state index contributed by atoms with van der Waals surface area (Å²) in [4.78, 5) is 19.8. The van der Waals surface area contributed by atoms with Gasteiger partial charge in [-0.3, -0.25) is 4.79 Å². The molecule has 8 heteroatoms. The lowest BCUT2D eigenvalue weighted by atomic mass is 10.00. The van der Waals surface area contributed by atoms with Crippen molar-refractivity contribution in [1.29, 1.82) is 0 Å². The summed E-state index contributed by atoms with van der Waals surface area (Å²) < 4.78 is 7.79. The Morgan fingerprint density at radius 2 is 2.32 bits per heavy atom. The summed E-state index contributed by atoms with van der Waals surface area (Å²) in [6.07, 6.45) is 2.67. The summed E-state index contributed by atoms with van der Waals surface area (Å²) in [6, 6.07) is 0.0540. The molecule has 4 heterocycles. The molecule has 2 aliphatic heterocycles. The molecule has 0 aliphatic carbocycles. The molecule has 0 radical (unpaired) electrons. The van der Waals surface area contributed by atoms with Gasteiger partial charge in [-0.15, -0.1) is 16.4 Å². The molecule has 1 saturated heterocycles. The Balaban J connectivity index is 1.59. The second-order valence-corrected chi connectivity index (χ2v) is 6.98. The summed E-state index contributed by atoms with van der Waals surface area (Å²) in [5, 5.41) is 9.06. The van der Waals surface area contributed by atoms with E-state index < -0.39 is 0 Å². The molecule has 7 nitrogen and oxygen atoms in total. The van der Waals surface area contributed by atoms with E-state index in [-0.39, 0.29) is 18.1 Å². The smallest absolute Gasteiger partial charge is 0.265 e. The number of rotatable bonds is 1. The number of nitrogens with zero attached hydrogens (tertiary/aromatic N) is 5. The van der Waals surface area contributed by atoms with Gasteiger partial charge in [0.25, 0.3) is 5.91 Å². The number of carbonyl (C=O) groups is 1. The Hall–Kier alpha value is -1.80. The average molecular weight is 319 g/mol. The lowest BCUT2D eigenvalue weighted by Crippen LogP contribution is -2.49. The molecule has 0 aromatic carbocycles. The van der Waals surface area contributed by atoms with E-state index in [4.69, 9.17) is 4.74 Å². The van der Waals surface area contributed by atoms with Crippen molar-refractivity contribution < 1.29 is 9.53 Å². The molecular weight excluding hydrogens is 302 g/mol. The Labute approximate surface area is 131 Å². The number of aryl methyl sites for hydroxylation is 2. The summed E-state index contributed by atoms with van der Waals surface area (Å²) in [5.74, 6) is 0.0637. The maximum absolute atomic E-state index is 12.8. The molecule has 0 spiro atoms. The minimum Gasteiger partial charge on any atom is -0.370 e. The lowest BCUT2D eigenvalue weighted by Gasteiger charge is -2.40. The number of carbonyl (C=O) groups excluding carboxylic acids is 1. The van der Waals surface area contributed by atoms with Gasteiger partial charge in [-0.05, 0) is 20.3 Å².